The summed E-state index contributed by atoms with van der Waals surface area (Å²) in [6.45, 7) is 4.96. The third-order valence-electron chi connectivity index (χ3n) is 6.60. The summed E-state index contributed by atoms with van der Waals surface area (Å²) in [5.74, 6) is 0.789. The number of carbonyl (C=O) groups excluding carboxylic acids is 1. The second kappa shape index (κ2) is 9.62. The van der Waals surface area contributed by atoms with Crippen molar-refractivity contribution in [3.63, 3.8) is 0 Å². The largest absolute Gasteiger partial charge is 0.376 e. The van der Waals surface area contributed by atoms with Gasteiger partial charge in [0.05, 0.1) is 30.9 Å². The molecule has 5 rings (SSSR count). The average molecular weight is 454 g/mol. The Morgan fingerprint density at radius 1 is 1.15 bits per heavy atom. The molecular weight excluding hydrogens is 426 g/mol. The summed E-state index contributed by atoms with van der Waals surface area (Å²) in [6.07, 6.45) is 2.71. The second-order valence-electron chi connectivity index (χ2n) is 8.78. The number of carbonyl (C=O) groups is 1. The molecule has 1 aromatic carbocycles. The molecule has 0 N–H and O–H groups in total. The van der Waals surface area contributed by atoms with E-state index in [4.69, 9.17) is 9.72 Å². The van der Waals surface area contributed by atoms with E-state index in [1.54, 1.807) is 6.20 Å². The van der Waals surface area contributed by atoms with E-state index in [-0.39, 0.29) is 11.9 Å². The molecule has 0 spiro atoms. The zero-order valence-electron chi connectivity index (χ0n) is 19.3. The lowest BCUT2D eigenvalue weighted by atomic mass is 9.93. The van der Waals surface area contributed by atoms with Crippen LogP contribution in [0.5, 0.6) is 0 Å². The summed E-state index contributed by atoms with van der Waals surface area (Å²) in [6, 6.07) is 18.1. The second-order valence-corrected chi connectivity index (χ2v) is 8.78. The Hall–Kier alpha value is -3.76. The van der Waals surface area contributed by atoms with Crippen LogP contribution in [-0.4, -0.2) is 53.1 Å². The minimum Gasteiger partial charge on any atom is -0.376 e. The number of ether oxygens (including phenoxy) is 1. The van der Waals surface area contributed by atoms with Crippen molar-refractivity contribution in [3.8, 4) is 17.3 Å². The van der Waals surface area contributed by atoms with Gasteiger partial charge in [0.1, 0.15) is 11.9 Å². The van der Waals surface area contributed by atoms with Crippen molar-refractivity contribution in [2.24, 2.45) is 0 Å². The highest BCUT2D eigenvalue weighted by Gasteiger charge is 2.32. The highest BCUT2D eigenvalue weighted by Crippen LogP contribution is 2.35. The molecule has 4 heterocycles. The number of nitriles is 1. The van der Waals surface area contributed by atoms with Gasteiger partial charge in [-0.3, -0.25) is 9.78 Å². The molecule has 0 radical (unpaired) electrons. The minimum atomic E-state index is -0.00199. The molecule has 34 heavy (non-hydrogen) atoms. The normalized spacial score (nSPS) is 17.7. The van der Waals surface area contributed by atoms with Crippen LogP contribution < -0.4 is 4.90 Å². The molecule has 1 unspecified atom stereocenters. The van der Waals surface area contributed by atoms with Crippen molar-refractivity contribution in [1.29, 1.82) is 5.26 Å². The number of piperazine rings is 1. The van der Waals surface area contributed by atoms with E-state index < -0.39 is 0 Å². The predicted molar refractivity (Wildman–Crippen MR) is 129 cm³/mol. The van der Waals surface area contributed by atoms with E-state index in [1.165, 1.54) is 0 Å². The van der Waals surface area contributed by atoms with Gasteiger partial charge in [0.2, 0.25) is 5.91 Å². The molecular formula is C27H27N5O2. The molecule has 7 nitrogen and oxygen atoms in total. The lowest BCUT2D eigenvalue weighted by Crippen LogP contribution is -2.55. The quantitative estimate of drug-likeness (QED) is 0.602. The van der Waals surface area contributed by atoms with E-state index in [9.17, 15) is 10.1 Å². The van der Waals surface area contributed by atoms with Crippen molar-refractivity contribution < 1.29 is 9.53 Å². The molecule has 2 aromatic heterocycles. The van der Waals surface area contributed by atoms with Gasteiger partial charge < -0.3 is 14.5 Å². The fourth-order valence-corrected chi connectivity index (χ4v) is 4.90. The van der Waals surface area contributed by atoms with E-state index in [0.717, 1.165) is 28.1 Å². The van der Waals surface area contributed by atoms with Gasteiger partial charge in [0.15, 0.2) is 0 Å². The number of amides is 1. The molecule has 0 saturated carbocycles. The Morgan fingerprint density at radius 2 is 1.97 bits per heavy atom. The number of rotatable bonds is 4. The molecule has 0 bridgehead atoms. The van der Waals surface area contributed by atoms with Crippen molar-refractivity contribution in [2.75, 3.05) is 31.1 Å². The van der Waals surface area contributed by atoms with Crippen LogP contribution in [0.1, 0.15) is 29.3 Å². The van der Waals surface area contributed by atoms with Crippen molar-refractivity contribution in [3.05, 3.63) is 77.1 Å². The van der Waals surface area contributed by atoms with Gasteiger partial charge in [-0.25, -0.2) is 4.98 Å². The fourth-order valence-electron chi connectivity index (χ4n) is 4.90. The Balaban J connectivity index is 1.44. The lowest BCUT2D eigenvalue weighted by Gasteiger charge is -2.41. The summed E-state index contributed by atoms with van der Waals surface area (Å²) in [7, 11) is 0. The van der Waals surface area contributed by atoms with Crippen LogP contribution in [0.3, 0.4) is 0 Å². The van der Waals surface area contributed by atoms with Crippen LogP contribution in [0.2, 0.25) is 0 Å². The van der Waals surface area contributed by atoms with Gasteiger partial charge in [-0.1, -0.05) is 36.4 Å². The van der Waals surface area contributed by atoms with E-state index in [2.05, 4.69) is 22.9 Å². The number of pyridine rings is 2. The third kappa shape index (κ3) is 4.25. The number of fused-ring (bicyclic) bond motifs is 1. The first-order valence-corrected chi connectivity index (χ1v) is 11.7. The standard InChI is InChI=1S/C27H27N5O2/c1-19-17-31(12-13-32(19)25(33)15-21-9-5-6-11-29-21)27-23(16-28)22-10-14-34-18-24(22)26(30-27)20-7-3-2-4-8-20/h2-9,11,19H,10,12-15,17-18H2,1H3. The molecule has 172 valence electrons. The maximum Gasteiger partial charge on any atom is 0.228 e. The van der Waals surface area contributed by atoms with Gasteiger partial charge in [-0.2, -0.15) is 5.26 Å². The highest BCUT2D eigenvalue weighted by molar-refractivity contribution is 5.79. The zero-order chi connectivity index (χ0) is 23.5. The molecule has 1 atom stereocenters. The van der Waals surface area contributed by atoms with E-state index >= 15 is 0 Å². The molecule has 7 heteroatoms. The number of hydrogen-bond donors (Lipinski definition) is 0. The number of benzene rings is 1. The molecule has 2 aliphatic heterocycles. The third-order valence-corrected chi connectivity index (χ3v) is 6.60. The number of nitrogens with zero attached hydrogens (tertiary/aromatic N) is 5. The number of hydrogen-bond acceptors (Lipinski definition) is 6. The predicted octanol–water partition coefficient (Wildman–Crippen LogP) is 3.37. The molecule has 1 saturated heterocycles. The lowest BCUT2D eigenvalue weighted by molar-refractivity contribution is -0.132. The first kappa shape index (κ1) is 22.1. The van der Waals surface area contributed by atoms with Crippen LogP contribution >= 0.6 is 0 Å². The van der Waals surface area contributed by atoms with Crippen LogP contribution in [0.15, 0.2) is 54.7 Å². The molecule has 3 aromatic rings. The zero-order valence-corrected chi connectivity index (χ0v) is 19.3. The Labute approximate surface area is 199 Å². The van der Waals surface area contributed by atoms with E-state index in [1.807, 2.05) is 53.4 Å². The van der Waals surface area contributed by atoms with Gasteiger partial charge in [0, 0.05) is 48.7 Å². The Kier molecular flexibility index (Phi) is 6.24. The smallest absolute Gasteiger partial charge is 0.228 e. The monoisotopic (exact) mass is 453 g/mol. The van der Waals surface area contributed by atoms with E-state index in [0.29, 0.717) is 57.1 Å². The Morgan fingerprint density at radius 3 is 2.71 bits per heavy atom. The first-order chi connectivity index (χ1) is 16.7. The topological polar surface area (TPSA) is 82.4 Å². The molecule has 2 aliphatic rings. The van der Waals surface area contributed by atoms with Crippen LogP contribution in [0.25, 0.3) is 11.3 Å². The summed E-state index contributed by atoms with van der Waals surface area (Å²) in [4.78, 5) is 26.4. The van der Waals surface area contributed by atoms with Crippen molar-refractivity contribution >= 4 is 11.7 Å². The number of anilines is 1. The SMILES string of the molecule is CC1CN(c2nc(-c3ccccc3)c3c(c2C#N)CCOC3)CCN1C(=O)Cc1ccccn1. The molecule has 1 amide bonds. The van der Waals surface area contributed by atoms with Crippen LogP contribution in [-0.2, 0) is 29.0 Å². The van der Waals surface area contributed by atoms with Crippen LogP contribution in [0, 0.1) is 11.3 Å². The van der Waals surface area contributed by atoms with Crippen LogP contribution in [0.4, 0.5) is 5.82 Å². The summed E-state index contributed by atoms with van der Waals surface area (Å²) < 4.78 is 5.74. The minimum absolute atomic E-state index is 0.00199. The fraction of sp³-hybridized carbons (Fsp3) is 0.333. The van der Waals surface area contributed by atoms with Gasteiger partial charge in [-0.15, -0.1) is 0 Å². The van der Waals surface area contributed by atoms with Gasteiger partial charge in [-0.05, 0) is 31.0 Å². The Bertz CT molecular complexity index is 1220. The summed E-state index contributed by atoms with van der Waals surface area (Å²) >= 11 is 0. The van der Waals surface area contributed by atoms with Crippen molar-refractivity contribution in [1.82, 2.24) is 14.9 Å². The summed E-state index contributed by atoms with van der Waals surface area (Å²) in [5, 5.41) is 10.1. The summed E-state index contributed by atoms with van der Waals surface area (Å²) in [5.41, 5.74) is 5.37. The van der Waals surface area contributed by atoms with Gasteiger partial charge in [0.25, 0.3) is 0 Å². The highest BCUT2D eigenvalue weighted by atomic mass is 16.5. The number of aromatic nitrogens is 2. The molecule has 0 aliphatic carbocycles. The maximum atomic E-state index is 13.0. The maximum absolute atomic E-state index is 13.0. The average Bonchev–Trinajstić information content (AvgIpc) is 2.88. The van der Waals surface area contributed by atoms with Gasteiger partial charge >= 0.3 is 0 Å². The molecule has 1 fully saturated rings. The van der Waals surface area contributed by atoms with Crippen molar-refractivity contribution in [2.45, 2.75) is 32.4 Å². The first-order valence-electron chi connectivity index (χ1n) is 11.7.